The van der Waals surface area contributed by atoms with E-state index >= 15 is 0 Å². The van der Waals surface area contributed by atoms with Crippen molar-refractivity contribution in [2.24, 2.45) is 5.92 Å². The molecule has 0 bridgehead atoms. The first kappa shape index (κ1) is 19.5. The number of nitrogens with zero attached hydrogens (tertiary/aromatic N) is 3. The Bertz CT molecular complexity index is 805. The molecule has 0 radical (unpaired) electrons. The number of aromatic nitrogens is 2. The maximum atomic E-state index is 13.2. The van der Waals surface area contributed by atoms with Gasteiger partial charge in [-0.2, -0.15) is 5.10 Å². The molecule has 0 unspecified atom stereocenters. The van der Waals surface area contributed by atoms with Crippen LogP contribution in [0.25, 0.3) is 5.69 Å². The summed E-state index contributed by atoms with van der Waals surface area (Å²) in [5.74, 6) is 1.55. The number of benzene rings is 1. The zero-order valence-electron chi connectivity index (χ0n) is 16.2. The number of halogens is 1. The summed E-state index contributed by atoms with van der Waals surface area (Å²) in [4.78, 5) is 15.3. The summed E-state index contributed by atoms with van der Waals surface area (Å²) in [6.07, 6.45) is 9.01. The molecule has 1 aromatic carbocycles. The minimum atomic E-state index is 0. The van der Waals surface area contributed by atoms with Gasteiger partial charge in [-0.05, 0) is 63.1 Å². The number of hydrogen-bond donors (Lipinski definition) is 1. The molecule has 1 N–H and O–H groups in total. The molecular weight excluding hydrogens is 372 g/mol. The van der Waals surface area contributed by atoms with Crippen molar-refractivity contribution in [1.82, 2.24) is 20.0 Å². The second kappa shape index (κ2) is 8.26. The van der Waals surface area contributed by atoms with Crippen LogP contribution in [0.3, 0.4) is 0 Å². The van der Waals surface area contributed by atoms with Gasteiger partial charge in [-0.1, -0.05) is 18.2 Å². The molecule has 28 heavy (non-hydrogen) atoms. The summed E-state index contributed by atoms with van der Waals surface area (Å²) in [5, 5.41) is 8.28. The molecule has 1 saturated heterocycles. The fourth-order valence-electron chi connectivity index (χ4n) is 4.16. The number of hydrogen-bond acceptors (Lipinski definition) is 3. The topological polar surface area (TPSA) is 50.2 Å². The van der Waals surface area contributed by atoms with Gasteiger partial charge in [0.25, 0.3) is 5.91 Å². The largest absolute Gasteiger partial charge is 0.338 e. The lowest BCUT2D eigenvalue weighted by Crippen LogP contribution is -2.45. The fraction of sp³-hybridized carbons (Fsp3) is 0.545. The number of piperidine rings is 1. The van der Waals surface area contributed by atoms with Crippen LogP contribution in [0.4, 0.5) is 0 Å². The van der Waals surface area contributed by atoms with Crippen molar-refractivity contribution in [2.45, 2.75) is 50.5 Å². The summed E-state index contributed by atoms with van der Waals surface area (Å²) in [5.41, 5.74) is 2.97. The molecular formula is C22H29ClN4O. The van der Waals surface area contributed by atoms with Crippen LogP contribution in [-0.2, 0) is 0 Å². The first-order valence-electron chi connectivity index (χ1n) is 10.5. The maximum Gasteiger partial charge on any atom is 0.257 e. The van der Waals surface area contributed by atoms with Gasteiger partial charge in [0.1, 0.15) is 0 Å². The Morgan fingerprint density at radius 2 is 1.75 bits per heavy atom. The van der Waals surface area contributed by atoms with E-state index in [0.29, 0.717) is 12.0 Å². The summed E-state index contributed by atoms with van der Waals surface area (Å²) in [7, 11) is 0. The molecule has 3 aliphatic rings. The number of likely N-dealkylation sites (tertiary alicyclic amines) is 1. The van der Waals surface area contributed by atoms with Gasteiger partial charge in [-0.15, -0.1) is 12.4 Å². The van der Waals surface area contributed by atoms with Gasteiger partial charge >= 0.3 is 0 Å². The molecule has 2 heterocycles. The Morgan fingerprint density at radius 3 is 2.39 bits per heavy atom. The van der Waals surface area contributed by atoms with Gasteiger partial charge in [0.15, 0.2) is 0 Å². The Morgan fingerprint density at radius 1 is 1.04 bits per heavy atom. The molecule has 5 nitrogen and oxygen atoms in total. The van der Waals surface area contributed by atoms with Gasteiger partial charge in [-0.25, -0.2) is 4.68 Å². The molecule has 1 aliphatic heterocycles. The molecule has 1 aromatic heterocycles. The minimum absolute atomic E-state index is 0. The summed E-state index contributed by atoms with van der Waals surface area (Å²) >= 11 is 0. The molecule has 5 rings (SSSR count). The predicted octanol–water partition coefficient (Wildman–Crippen LogP) is 3.78. The molecule has 1 amide bonds. The van der Waals surface area contributed by atoms with E-state index in [1.165, 1.54) is 12.8 Å². The molecule has 2 aliphatic carbocycles. The van der Waals surface area contributed by atoms with Gasteiger partial charge < -0.3 is 10.2 Å². The quantitative estimate of drug-likeness (QED) is 0.802. The average Bonchev–Trinajstić information content (AvgIpc) is 3.65. The van der Waals surface area contributed by atoms with Crippen LogP contribution in [0.5, 0.6) is 0 Å². The van der Waals surface area contributed by atoms with Crippen LogP contribution < -0.4 is 5.32 Å². The SMILES string of the molecule is Cl.O=C(c1cnn(-c2ccccc2)c1C1CC1)N1CCC(NCC2CC2)CC1. The molecule has 150 valence electrons. The van der Waals surface area contributed by atoms with Crippen LogP contribution in [0.1, 0.15) is 60.5 Å². The summed E-state index contributed by atoms with van der Waals surface area (Å²) in [6.45, 7) is 2.86. The van der Waals surface area contributed by atoms with E-state index in [4.69, 9.17) is 0 Å². The number of rotatable bonds is 6. The molecule has 2 saturated carbocycles. The number of carbonyl (C=O) groups is 1. The number of carbonyl (C=O) groups excluding carboxylic acids is 1. The Labute approximate surface area is 172 Å². The average molecular weight is 401 g/mol. The first-order valence-corrected chi connectivity index (χ1v) is 10.5. The molecule has 6 heteroatoms. The van der Waals surface area contributed by atoms with E-state index in [0.717, 1.165) is 68.2 Å². The third-order valence-corrected chi connectivity index (χ3v) is 6.18. The fourth-order valence-corrected chi connectivity index (χ4v) is 4.16. The lowest BCUT2D eigenvalue weighted by molar-refractivity contribution is 0.0703. The lowest BCUT2D eigenvalue weighted by Gasteiger charge is -2.32. The van der Waals surface area contributed by atoms with Crippen molar-refractivity contribution in [3.8, 4) is 5.69 Å². The van der Waals surface area contributed by atoms with E-state index in [1.54, 1.807) is 6.20 Å². The molecule has 0 spiro atoms. The zero-order chi connectivity index (χ0) is 18.2. The van der Waals surface area contributed by atoms with E-state index in [1.807, 2.05) is 27.8 Å². The van der Waals surface area contributed by atoms with E-state index in [2.05, 4.69) is 22.5 Å². The smallest absolute Gasteiger partial charge is 0.257 e. The highest BCUT2D eigenvalue weighted by Gasteiger charge is 2.35. The van der Waals surface area contributed by atoms with Gasteiger partial charge in [0.05, 0.1) is 23.1 Å². The van der Waals surface area contributed by atoms with E-state index in [9.17, 15) is 4.79 Å². The van der Waals surface area contributed by atoms with Crippen LogP contribution in [-0.4, -0.2) is 46.3 Å². The highest BCUT2D eigenvalue weighted by molar-refractivity contribution is 5.95. The minimum Gasteiger partial charge on any atom is -0.338 e. The third kappa shape index (κ3) is 4.11. The molecule has 3 fully saturated rings. The Hall–Kier alpha value is -1.85. The number of para-hydroxylation sites is 1. The predicted molar refractivity (Wildman–Crippen MR) is 112 cm³/mol. The third-order valence-electron chi connectivity index (χ3n) is 6.18. The summed E-state index contributed by atoms with van der Waals surface area (Å²) < 4.78 is 1.98. The van der Waals surface area contributed by atoms with Crippen LogP contribution in [0.15, 0.2) is 36.5 Å². The van der Waals surface area contributed by atoms with Crippen LogP contribution in [0.2, 0.25) is 0 Å². The monoisotopic (exact) mass is 400 g/mol. The van der Waals surface area contributed by atoms with Crippen molar-refractivity contribution in [1.29, 1.82) is 0 Å². The second-order valence-corrected chi connectivity index (χ2v) is 8.38. The Kier molecular flexibility index (Phi) is 5.74. The summed E-state index contributed by atoms with van der Waals surface area (Å²) in [6, 6.07) is 10.7. The standard InChI is InChI=1S/C22H28N4O.ClH/c27-22(25-12-10-18(11-13-25)23-14-16-6-7-16)20-15-24-26(21(20)17-8-9-17)19-4-2-1-3-5-19;/h1-5,15-18,23H,6-14H2;1H. The lowest BCUT2D eigenvalue weighted by atomic mass is 10.0. The molecule has 0 atom stereocenters. The second-order valence-electron chi connectivity index (χ2n) is 8.38. The highest BCUT2D eigenvalue weighted by atomic mass is 35.5. The van der Waals surface area contributed by atoms with Crippen LogP contribution in [0, 0.1) is 5.92 Å². The number of amides is 1. The van der Waals surface area contributed by atoms with Crippen molar-refractivity contribution < 1.29 is 4.79 Å². The highest BCUT2D eigenvalue weighted by Crippen LogP contribution is 2.42. The van der Waals surface area contributed by atoms with E-state index < -0.39 is 0 Å². The van der Waals surface area contributed by atoms with Crippen molar-refractivity contribution >= 4 is 18.3 Å². The zero-order valence-corrected chi connectivity index (χ0v) is 17.0. The van der Waals surface area contributed by atoms with Gasteiger partial charge in [0.2, 0.25) is 0 Å². The van der Waals surface area contributed by atoms with Crippen LogP contribution >= 0.6 is 12.4 Å². The first-order chi connectivity index (χ1) is 13.3. The Balaban J connectivity index is 0.00000192. The van der Waals surface area contributed by atoms with Crippen molar-refractivity contribution in [3.05, 3.63) is 47.8 Å². The van der Waals surface area contributed by atoms with Gasteiger partial charge in [-0.3, -0.25) is 4.79 Å². The van der Waals surface area contributed by atoms with E-state index in [-0.39, 0.29) is 18.3 Å². The normalized spacial score (nSPS) is 20.1. The van der Waals surface area contributed by atoms with Gasteiger partial charge in [0, 0.05) is 25.0 Å². The maximum absolute atomic E-state index is 13.2. The van der Waals surface area contributed by atoms with Crippen molar-refractivity contribution in [3.63, 3.8) is 0 Å². The molecule has 2 aromatic rings. The van der Waals surface area contributed by atoms with Crippen molar-refractivity contribution in [2.75, 3.05) is 19.6 Å². The number of nitrogens with one attached hydrogen (secondary N) is 1.